The predicted molar refractivity (Wildman–Crippen MR) is 45.6 cm³/mol. The molecule has 0 radical (unpaired) electrons. The highest BCUT2D eigenvalue weighted by Crippen LogP contribution is 2.15. The molecule has 1 fully saturated rings. The van der Waals surface area contributed by atoms with Crippen LogP contribution in [0.15, 0.2) is 0 Å². The molecule has 1 heterocycles. The summed E-state index contributed by atoms with van der Waals surface area (Å²) >= 11 is 0. The van der Waals surface area contributed by atoms with Crippen LogP contribution in [0.25, 0.3) is 0 Å². The van der Waals surface area contributed by atoms with Gasteiger partial charge >= 0.3 is 5.97 Å². The molecule has 4 nitrogen and oxygen atoms in total. The molecule has 0 spiro atoms. The molecular formula is C8H16N2O2. The Labute approximate surface area is 72.7 Å². The second-order valence-electron chi connectivity index (χ2n) is 3.34. The monoisotopic (exact) mass is 172 g/mol. The number of esters is 1. The van der Waals surface area contributed by atoms with Crippen molar-refractivity contribution in [2.75, 3.05) is 27.2 Å². The average Bonchev–Trinajstić information content (AvgIpc) is 2.08. The first-order valence-corrected chi connectivity index (χ1v) is 4.17. The minimum atomic E-state index is -0.186. The van der Waals surface area contributed by atoms with Crippen LogP contribution >= 0.6 is 0 Å². The molecule has 0 aromatic rings. The van der Waals surface area contributed by atoms with Gasteiger partial charge < -0.3 is 15.4 Å². The average molecular weight is 172 g/mol. The number of rotatable bonds is 1. The lowest BCUT2D eigenvalue weighted by Crippen LogP contribution is -2.49. The Balaban J connectivity index is 2.54. The summed E-state index contributed by atoms with van der Waals surface area (Å²) in [6.07, 6.45) is 0.871. The smallest absolute Gasteiger partial charge is 0.311 e. The number of hydrogen-bond acceptors (Lipinski definition) is 4. The van der Waals surface area contributed by atoms with Crippen molar-refractivity contribution in [1.29, 1.82) is 0 Å². The third-order valence-electron chi connectivity index (χ3n) is 2.37. The molecule has 12 heavy (non-hydrogen) atoms. The standard InChI is InChI=1S/C8H16N2O2/c1-10-4-3-7(9)6(5-10)8(11)12-2/h6-7H,3-5,9H2,1-2H3. The van der Waals surface area contributed by atoms with Crippen LogP contribution in [0.4, 0.5) is 0 Å². The van der Waals surface area contributed by atoms with Crippen LogP contribution in [0.1, 0.15) is 6.42 Å². The molecule has 1 aliphatic rings. The highest BCUT2D eigenvalue weighted by molar-refractivity contribution is 5.73. The van der Waals surface area contributed by atoms with E-state index in [-0.39, 0.29) is 17.9 Å². The van der Waals surface area contributed by atoms with E-state index in [1.807, 2.05) is 7.05 Å². The lowest BCUT2D eigenvalue weighted by molar-refractivity contribution is -0.147. The van der Waals surface area contributed by atoms with Crippen LogP contribution in [-0.4, -0.2) is 44.2 Å². The molecule has 1 rings (SSSR count). The Morgan fingerprint density at radius 3 is 2.92 bits per heavy atom. The minimum Gasteiger partial charge on any atom is -0.469 e. The van der Waals surface area contributed by atoms with Crippen LogP contribution in [0.2, 0.25) is 0 Å². The molecular weight excluding hydrogens is 156 g/mol. The summed E-state index contributed by atoms with van der Waals surface area (Å²) in [5, 5.41) is 0. The molecule has 0 saturated carbocycles. The number of carbonyl (C=O) groups excluding carboxylic acids is 1. The van der Waals surface area contributed by atoms with E-state index in [0.717, 1.165) is 13.0 Å². The molecule has 1 saturated heterocycles. The van der Waals surface area contributed by atoms with Gasteiger partial charge in [-0.2, -0.15) is 0 Å². The van der Waals surface area contributed by atoms with Gasteiger partial charge in [-0.15, -0.1) is 0 Å². The third kappa shape index (κ3) is 1.95. The van der Waals surface area contributed by atoms with E-state index in [2.05, 4.69) is 9.64 Å². The van der Waals surface area contributed by atoms with E-state index < -0.39 is 0 Å². The zero-order chi connectivity index (χ0) is 9.14. The van der Waals surface area contributed by atoms with Gasteiger partial charge in [-0.05, 0) is 20.0 Å². The maximum absolute atomic E-state index is 11.2. The van der Waals surface area contributed by atoms with Crippen LogP contribution in [0.3, 0.4) is 0 Å². The highest BCUT2D eigenvalue weighted by atomic mass is 16.5. The number of carbonyl (C=O) groups is 1. The molecule has 0 amide bonds. The van der Waals surface area contributed by atoms with Crippen LogP contribution < -0.4 is 5.73 Å². The Hall–Kier alpha value is -0.610. The normalized spacial score (nSPS) is 31.6. The second kappa shape index (κ2) is 3.87. The number of nitrogens with zero attached hydrogens (tertiary/aromatic N) is 1. The van der Waals surface area contributed by atoms with Gasteiger partial charge in [0.2, 0.25) is 0 Å². The summed E-state index contributed by atoms with van der Waals surface area (Å²) in [5.74, 6) is -0.331. The fourth-order valence-corrected chi connectivity index (χ4v) is 1.53. The first-order chi connectivity index (χ1) is 5.65. The Morgan fingerprint density at radius 2 is 2.33 bits per heavy atom. The Kier molecular flexibility index (Phi) is 3.05. The van der Waals surface area contributed by atoms with Gasteiger partial charge in [0.15, 0.2) is 0 Å². The van der Waals surface area contributed by atoms with Crippen LogP contribution in [0.5, 0.6) is 0 Å². The zero-order valence-electron chi connectivity index (χ0n) is 7.62. The maximum atomic E-state index is 11.2. The van der Waals surface area contributed by atoms with Gasteiger partial charge in [0.25, 0.3) is 0 Å². The summed E-state index contributed by atoms with van der Waals surface area (Å²) in [5.41, 5.74) is 5.79. The van der Waals surface area contributed by atoms with Crippen LogP contribution in [0, 0.1) is 5.92 Å². The molecule has 0 aromatic carbocycles. The molecule has 70 valence electrons. The van der Waals surface area contributed by atoms with Crippen molar-refractivity contribution >= 4 is 5.97 Å². The number of nitrogens with two attached hydrogens (primary N) is 1. The van der Waals surface area contributed by atoms with E-state index >= 15 is 0 Å². The lowest BCUT2D eigenvalue weighted by atomic mass is 9.93. The summed E-state index contributed by atoms with van der Waals surface area (Å²) in [4.78, 5) is 13.3. The number of piperidine rings is 1. The molecule has 1 aliphatic heterocycles. The molecule has 0 aliphatic carbocycles. The van der Waals surface area contributed by atoms with Crippen molar-refractivity contribution in [2.45, 2.75) is 12.5 Å². The molecule has 0 bridgehead atoms. The van der Waals surface area contributed by atoms with E-state index in [1.165, 1.54) is 7.11 Å². The summed E-state index contributed by atoms with van der Waals surface area (Å²) in [7, 11) is 3.39. The van der Waals surface area contributed by atoms with E-state index in [0.29, 0.717) is 6.54 Å². The third-order valence-corrected chi connectivity index (χ3v) is 2.37. The van der Waals surface area contributed by atoms with Gasteiger partial charge in [0.1, 0.15) is 0 Å². The fourth-order valence-electron chi connectivity index (χ4n) is 1.53. The van der Waals surface area contributed by atoms with Gasteiger partial charge in [0, 0.05) is 12.6 Å². The molecule has 2 N–H and O–H groups in total. The van der Waals surface area contributed by atoms with Gasteiger partial charge in [-0.3, -0.25) is 4.79 Å². The topological polar surface area (TPSA) is 55.6 Å². The zero-order valence-corrected chi connectivity index (χ0v) is 7.62. The van der Waals surface area contributed by atoms with Crippen molar-refractivity contribution in [2.24, 2.45) is 11.7 Å². The molecule has 4 heteroatoms. The molecule has 2 unspecified atom stereocenters. The second-order valence-corrected chi connectivity index (χ2v) is 3.34. The number of ether oxygens (including phenoxy) is 1. The highest BCUT2D eigenvalue weighted by Gasteiger charge is 2.31. The van der Waals surface area contributed by atoms with Crippen molar-refractivity contribution in [3.63, 3.8) is 0 Å². The van der Waals surface area contributed by atoms with Gasteiger partial charge in [-0.1, -0.05) is 0 Å². The summed E-state index contributed by atoms with van der Waals surface area (Å²) in [6, 6.07) is -0.0337. The predicted octanol–water partition coefficient (Wildman–Crippen LogP) is -0.562. The Morgan fingerprint density at radius 1 is 1.67 bits per heavy atom. The fraction of sp³-hybridized carbons (Fsp3) is 0.875. The first-order valence-electron chi connectivity index (χ1n) is 4.17. The van der Waals surface area contributed by atoms with E-state index in [4.69, 9.17) is 5.73 Å². The van der Waals surface area contributed by atoms with Gasteiger partial charge in [-0.25, -0.2) is 0 Å². The number of likely N-dealkylation sites (tertiary alicyclic amines) is 1. The SMILES string of the molecule is COC(=O)C1CN(C)CCC1N. The molecule has 0 aromatic heterocycles. The van der Waals surface area contributed by atoms with Crippen molar-refractivity contribution < 1.29 is 9.53 Å². The van der Waals surface area contributed by atoms with Crippen molar-refractivity contribution in [3.05, 3.63) is 0 Å². The summed E-state index contributed by atoms with van der Waals surface area (Å²) in [6.45, 7) is 1.68. The quantitative estimate of drug-likeness (QED) is 0.539. The number of hydrogen-bond donors (Lipinski definition) is 1. The Bertz CT molecular complexity index is 172. The molecule has 2 atom stereocenters. The van der Waals surface area contributed by atoms with Crippen LogP contribution in [-0.2, 0) is 9.53 Å². The lowest BCUT2D eigenvalue weighted by Gasteiger charge is -2.32. The largest absolute Gasteiger partial charge is 0.469 e. The first kappa shape index (κ1) is 9.48. The number of methoxy groups -OCH3 is 1. The van der Waals surface area contributed by atoms with Crippen molar-refractivity contribution in [3.8, 4) is 0 Å². The van der Waals surface area contributed by atoms with Gasteiger partial charge in [0.05, 0.1) is 13.0 Å². The van der Waals surface area contributed by atoms with Crippen molar-refractivity contribution in [1.82, 2.24) is 4.90 Å². The van der Waals surface area contributed by atoms with E-state index in [1.54, 1.807) is 0 Å². The summed E-state index contributed by atoms with van der Waals surface area (Å²) < 4.78 is 4.66. The van der Waals surface area contributed by atoms with E-state index in [9.17, 15) is 4.79 Å². The maximum Gasteiger partial charge on any atom is 0.311 e. The minimum absolute atomic E-state index is 0.0337.